The molecule has 1 atom stereocenters. The van der Waals surface area contributed by atoms with E-state index in [-0.39, 0.29) is 11.9 Å². The highest BCUT2D eigenvalue weighted by Crippen LogP contribution is 2.41. The Kier molecular flexibility index (Phi) is 7.67. The Morgan fingerprint density at radius 3 is 2.64 bits per heavy atom. The Hall–Kier alpha value is -4.15. The molecule has 0 saturated heterocycles. The van der Waals surface area contributed by atoms with Crippen molar-refractivity contribution in [3.05, 3.63) is 71.6 Å². The number of carbonyl (C=O) groups is 1. The summed E-state index contributed by atoms with van der Waals surface area (Å²) in [6.07, 6.45) is 6.52. The fourth-order valence-electron chi connectivity index (χ4n) is 4.91. The van der Waals surface area contributed by atoms with E-state index in [0.29, 0.717) is 47.6 Å². The van der Waals surface area contributed by atoms with Crippen LogP contribution in [0.2, 0.25) is 5.02 Å². The highest BCUT2D eigenvalue weighted by atomic mass is 35.5. The van der Waals surface area contributed by atoms with E-state index in [1.165, 1.54) is 0 Å². The van der Waals surface area contributed by atoms with Gasteiger partial charge in [-0.2, -0.15) is 10.1 Å². The van der Waals surface area contributed by atoms with Gasteiger partial charge in [-0.3, -0.25) is 9.69 Å². The first-order valence-electron chi connectivity index (χ1n) is 12.7. The molecule has 0 aliphatic carbocycles. The lowest BCUT2D eigenvalue weighted by molar-refractivity contribution is -0.122. The molecule has 10 nitrogen and oxygen atoms in total. The zero-order valence-corrected chi connectivity index (χ0v) is 23.1. The third kappa shape index (κ3) is 5.25. The summed E-state index contributed by atoms with van der Waals surface area (Å²) in [4.78, 5) is 26.1. The van der Waals surface area contributed by atoms with Crippen LogP contribution in [-0.4, -0.2) is 64.3 Å². The number of halogens is 1. The zero-order valence-electron chi connectivity index (χ0n) is 22.3. The summed E-state index contributed by atoms with van der Waals surface area (Å²) in [5.74, 6) is 1.55. The third-order valence-corrected chi connectivity index (χ3v) is 7.06. The summed E-state index contributed by atoms with van der Waals surface area (Å²) in [5.41, 5.74) is 4.18. The van der Waals surface area contributed by atoms with E-state index in [0.717, 1.165) is 22.6 Å². The maximum absolute atomic E-state index is 13.3. The molecule has 0 bridgehead atoms. The number of ether oxygens (including phenoxy) is 1. The molecule has 1 aliphatic rings. The topological polar surface area (TPSA) is 100 Å². The summed E-state index contributed by atoms with van der Waals surface area (Å²) < 4.78 is 7.65. The van der Waals surface area contributed by atoms with Gasteiger partial charge in [0.25, 0.3) is 0 Å². The Balaban J connectivity index is 1.46. The van der Waals surface area contributed by atoms with E-state index < -0.39 is 0 Å². The highest BCUT2D eigenvalue weighted by molar-refractivity contribution is 6.33. The number of hydrogen-bond donors (Lipinski definition) is 2. The Morgan fingerprint density at radius 2 is 1.92 bits per heavy atom. The standard InChI is InChI=1S/C28H31ClN8O2/c1-5-36-22-14-12-21(25(39-4)18(22)11-13-24(27(36)38)35(2)3)33-28-30-17-19(29)26(34-28)32-20-9-6-7-10-23(20)37-16-8-15-31-37/h6-10,12,14-17,24H,5,11,13H2,1-4H3,(H2,30,32,33,34). The molecule has 1 amide bonds. The normalized spacial score (nSPS) is 15.2. The molecule has 1 unspecified atom stereocenters. The zero-order chi connectivity index (χ0) is 27.5. The summed E-state index contributed by atoms with van der Waals surface area (Å²) in [6.45, 7) is 2.56. The van der Waals surface area contributed by atoms with E-state index in [1.807, 2.05) is 79.5 Å². The molecule has 2 N–H and O–H groups in total. The smallest absolute Gasteiger partial charge is 0.244 e. The molecule has 0 saturated carbocycles. The van der Waals surface area contributed by atoms with Gasteiger partial charge >= 0.3 is 0 Å². The molecular formula is C28H31ClN8O2. The first-order chi connectivity index (χ1) is 18.9. The first-order valence-corrected chi connectivity index (χ1v) is 13.1. The minimum Gasteiger partial charge on any atom is -0.494 e. The second kappa shape index (κ2) is 11.3. The van der Waals surface area contributed by atoms with Gasteiger partial charge in [-0.25, -0.2) is 9.67 Å². The monoisotopic (exact) mass is 546 g/mol. The van der Waals surface area contributed by atoms with Crippen LogP contribution in [-0.2, 0) is 11.2 Å². The fraction of sp³-hybridized carbons (Fsp3) is 0.286. The molecule has 5 rings (SSSR count). The average molecular weight is 547 g/mol. The van der Waals surface area contributed by atoms with Crippen LogP contribution in [0.4, 0.5) is 28.8 Å². The third-order valence-electron chi connectivity index (χ3n) is 6.79. The van der Waals surface area contributed by atoms with E-state index >= 15 is 0 Å². The Bertz CT molecular complexity index is 1470. The van der Waals surface area contributed by atoms with E-state index in [1.54, 1.807) is 24.2 Å². The van der Waals surface area contributed by atoms with Gasteiger partial charge in [0.05, 0.1) is 42.1 Å². The van der Waals surface area contributed by atoms with Crippen molar-refractivity contribution in [3.8, 4) is 11.4 Å². The van der Waals surface area contributed by atoms with Crippen molar-refractivity contribution in [2.45, 2.75) is 25.8 Å². The highest BCUT2D eigenvalue weighted by Gasteiger charge is 2.33. The first kappa shape index (κ1) is 26.5. The average Bonchev–Trinajstić information content (AvgIpc) is 3.42. The maximum Gasteiger partial charge on any atom is 0.244 e. The number of hydrogen-bond acceptors (Lipinski definition) is 8. The summed E-state index contributed by atoms with van der Waals surface area (Å²) in [6, 6.07) is 13.3. The lowest BCUT2D eigenvalue weighted by Crippen LogP contribution is -2.45. The number of nitrogens with zero attached hydrogens (tertiary/aromatic N) is 6. The van der Waals surface area contributed by atoms with Crippen molar-refractivity contribution < 1.29 is 9.53 Å². The van der Waals surface area contributed by atoms with Crippen LogP contribution >= 0.6 is 11.6 Å². The van der Waals surface area contributed by atoms with Crippen molar-refractivity contribution in [2.75, 3.05) is 43.3 Å². The van der Waals surface area contributed by atoms with Crippen LogP contribution in [0.1, 0.15) is 18.9 Å². The second-order valence-electron chi connectivity index (χ2n) is 9.35. The molecule has 3 heterocycles. The van der Waals surface area contributed by atoms with Crippen molar-refractivity contribution in [3.63, 3.8) is 0 Å². The molecule has 202 valence electrons. The fourth-order valence-corrected chi connectivity index (χ4v) is 5.04. The molecule has 2 aromatic carbocycles. The van der Waals surface area contributed by atoms with Gasteiger partial charge in [0.2, 0.25) is 11.9 Å². The van der Waals surface area contributed by atoms with Gasteiger partial charge in [0, 0.05) is 24.5 Å². The minimum absolute atomic E-state index is 0.0937. The van der Waals surface area contributed by atoms with Crippen molar-refractivity contribution in [1.29, 1.82) is 0 Å². The lowest BCUT2D eigenvalue weighted by atomic mass is 10.0. The Labute approximate surface area is 232 Å². The van der Waals surface area contributed by atoms with E-state index in [4.69, 9.17) is 16.3 Å². The van der Waals surface area contributed by atoms with Gasteiger partial charge in [-0.15, -0.1) is 0 Å². The van der Waals surface area contributed by atoms with Crippen LogP contribution in [0.15, 0.2) is 61.1 Å². The summed E-state index contributed by atoms with van der Waals surface area (Å²) >= 11 is 6.48. The van der Waals surface area contributed by atoms with Gasteiger partial charge < -0.3 is 20.3 Å². The van der Waals surface area contributed by atoms with Crippen molar-refractivity contribution in [2.24, 2.45) is 0 Å². The molecule has 0 spiro atoms. The predicted octanol–water partition coefficient (Wildman–Crippen LogP) is 5.04. The van der Waals surface area contributed by atoms with Crippen LogP contribution < -0.4 is 20.3 Å². The second-order valence-corrected chi connectivity index (χ2v) is 9.76. The van der Waals surface area contributed by atoms with Gasteiger partial charge in [0.15, 0.2) is 5.82 Å². The quantitative estimate of drug-likeness (QED) is 0.317. The van der Waals surface area contributed by atoms with Gasteiger partial charge in [-0.1, -0.05) is 23.7 Å². The van der Waals surface area contributed by atoms with Crippen LogP contribution in [0.25, 0.3) is 5.69 Å². The van der Waals surface area contributed by atoms with Gasteiger partial charge in [0.1, 0.15) is 10.8 Å². The molecule has 0 fully saturated rings. The number of carbonyl (C=O) groups excluding carboxylic acids is 1. The molecule has 4 aromatic rings. The lowest BCUT2D eigenvalue weighted by Gasteiger charge is -2.28. The summed E-state index contributed by atoms with van der Waals surface area (Å²) in [7, 11) is 5.51. The Morgan fingerprint density at radius 1 is 1.10 bits per heavy atom. The maximum atomic E-state index is 13.3. The number of fused-ring (bicyclic) bond motifs is 1. The number of likely N-dealkylation sites (N-methyl/N-ethyl adjacent to an activating group) is 2. The van der Waals surface area contributed by atoms with E-state index in [2.05, 4.69) is 25.7 Å². The minimum atomic E-state index is -0.198. The number of para-hydroxylation sites is 2. The number of benzene rings is 2. The number of anilines is 5. The SMILES string of the molecule is CCN1C(=O)C(N(C)C)CCc2c1ccc(Nc1ncc(Cl)c(Nc3ccccc3-n3cccn3)n1)c2OC. The predicted molar refractivity (Wildman–Crippen MR) is 154 cm³/mol. The number of rotatable bonds is 8. The number of amides is 1. The van der Waals surface area contributed by atoms with E-state index in [9.17, 15) is 4.79 Å². The largest absolute Gasteiger partial charge is 0.494 e. The van der Waals surface area contributed by atoms with Crippen molar-refractivity contribution in [1.82, 2.24) is 24.6 Å². The van der Waals surface area contributed by atoms with Gasteiger partial charge in [-0.05, 0) is 64.2 Å². The molecule has 0 radical (unpaired) electrons. The molecular weight excluding hydrogens is 516 g/mol. The molecule has 2 aromatic heterocycles. The summed E-state index contributed by atoms with van der Waals surface area (Å²) in [5, 5.41) is 11.3. The number of nitrogens with one attached hydrogen (secondary N) is 2. The molecule has 11 heteroatoms. The van der Waals surface area contributed by atoms with Crippen molar-refractivity contribution >= 4 is 46.3 Å². The number of aromatic nitrogens is 4. The molecule has 1 aliphatic heterocycles. The molecule has 39 heavy (non-hydrogen) atoms. The van der Waals surface area contributed by atoms with Crippen LogP contribution in [0.3, 0.4) is 0 Å². The number of methoxy groups -OCH3 is 1. The van der Waals surface area contributed by atoms with Crippen LogP contribution in [0, 0.1) is 0 Å². The van der Waals surface area contributed by atoms with Crippen LogP contribution in [0.5, 0.6) is 5.75 Å².